The van der Waals surface area contributed by atoms with Gasteiger partial charge in [-0.15, -0.1) is 0 Å². The van der Waals surface area contributed by atoms with Gasteiger partial charge in [-0.05, 0) is 42.3 Å². The van der Waals surface area contributed by atoms with E-state index in [4.69, 9.17) is 0 Å². The van der Waals surface area contributed by atoms with Crippen molar-refractivity contribution >= 4 is 11.6 Å². The van der Waals surface area contributed by atoms with Crippen molar-refractivity contribution < 1.29 is 13.6 Å². The number of carbonyl (C=O) groups excluding carboxylic acids is 1. The topological polar surface area (TPSA) is 77.2 Å². The lowest BCUT2D eigenvalue weighted by Crippen LogP contribution is -2.50. The smallest absolute Gasteiger partial charge is 0.242 e. The zero-order valence-electron chi connectivity index (χ0n) is 13.6. The average molecular weight is 347 g/mol. The summed E-state index contributed by atoms with van der Waals surface area (Å²) < 4.78 is 26.5. The second-order valence-electron chi connectivity index (χ2n) is 5.82. The predicted molar refractivity (Wildman–Crippen MR) is 90.0 cm³/mol. The second-order valence-corrected chi connectivity index (χ2v) is 5.82. The van der Waals surface area contributed by atoms with Crippen LogP contribution in [0.25, 0.3) is 0 Å². The zero-order chi connectivity index (χ0) is 17.8. The van der Waals surface area contributed by atoms with Crippen LogP contribution in [0.2, 0.25) is 0 Å². The molecule has 0 saturated carbocycles. The van der Waals surface area contributed by atoms with Crippen LogP contribution in [0, 0.1) is 18.6 Å². The van der Waals surface area contributed by atoms with Crippen LogP contribution in [-0.2, 0) is 11.3 Å². The van der Waals surface area contributed by atoms with Gasteiger partial charge in [-0.25, -0.2) is 19.6 Å². The lowest BCUT2D eigenvalue weighted by atomic mass is 10.1. The van der Waals surface area contributed by atoms with Gasteiger partial charge in [-0.3, -0.25) is 4.79 Å². The number of halogens is 2. The molecular weight excluding hydrogens is 328 g/mol. The maximum atomic E-state index is 13.6. The lowest BCUT2D eigenvalue weighted by Gasteiger charge is -2.20. The minimum atomic E-state index is -0.621. The quantitative estimate of drug-likeness (QED) is 0.564. The van der Waals surface area contributed by atoms with Crippen LogP contribution in [0.1, 0.15) is 11.1 Å². The molecule has 0 aromatic heterocycles. The van der Waals surface area contributed by atoms with Gasteiger partial charge in [-0.2, -0.15) is 5.53 Å². The van der Waals surface area contributed by atoms with Gasteiger partial charge in [0.15, 0.2) is 0 Å². The third kappa shape index (κ3) is 4.30. The van der Waals surface area contributed by atoms with E-state index in [0.717, 1.165) is 5.56 Å². The Labute approximate surface area is 143 Å². The first kappa shape index (κ1) is 17.3. The monoisotopic (exact) mass is 347 g/mol. The number of anilines is 1. The van der Waals surface area contributed by atoms with Crippen LogP contribution in [0.5, 0.6) is 0 Å². The fraction of sp³-hybridized carbons (Fsp3) is 0.235. The van der Waals surface area contributed by atoms with Crippen LogP contribution < -0.4 is 27.0 Å². The maximum Gasteiger partial charge on any atom is 0.242 e. The molecule has 0 bridgehead atoms. The molecule has 1 amide bonds. The second kappa shape index (κ2) is 7.56. The standard InChI is InChI=1S/C17H19F2N5O/c1-10-2-7-13(8-14(10)19)21-16-15(22-24-23-16)17(25)20-9-11-3-5-12(18)6-4-11/h2-8,15-16,21-24H,9H2,1H3,(H,20,25). The molecule has 25 heavy (non-hydrogen) atoms. The Bertz CT molecular complexity index is 753. The number of rotatable bonds is 5. The van der Waals surface area contributed by atoms with Gasteiger partial charge in [0, 0.05) is 12.2 Å². The summed E-state index contributed by atoms with van der Waals surface area (Å²) in [7, 11) is 0. The van der Waals surface area contributed by atoms with Crippen molar-refractivity contribution in [2.75, 3.05) is 5.32 Å². The first-order valence-electron chi connectivity index (χ1n) is 7.84. The number of nitrogens with one attached hydrogen (secondary N) is 5. The molecule has 0 radical (unpaired) electrons. The van der Waals surface area contributed by atoms with Crippen LogP contribution in [0.3, 0.4) is 0 Å². The first-order valence-corrected chi connectivity index (χ1v) is 7.84. The largest absolute Gasteiger partial charge is 0.367 e. The highest BCUT2D eigenvalue weighted by Gasteiger charge is 2.32. The zero-order valence-corrected chi connectivity index (χ0v) is 13.6. The number of hydrazine groups is 2. The lowest BCUT2D eigenvalue weighted by molar-refractivity contribution is -0.123. The van der Waals surface area contributed by atoms with Crippen molar-refractivity contribution in [2.24, 2.45) is 0 Å². The summed E-state index contributed by atoms with van der Waals surface area (Å²) in [5.41, 5.74) is 10.3. The molecule has 2 aromatic carbocycles. The summed E-state index contributed by atoms with van der Waals surface area (Å²) in [6, 6.07) is 10.1. The molecule has 6 nitrogen and oxygen atoms in total. The molecular formula is C17H19F2N5O. The Hall–Kier alpha value is -2.55. The highest BCUT2D eigenvalue weighted by atomic mass is 19.1. The molecule has 1 aliphatic heterocycles. The van der Waals surface area contributed by atoms with Gasteiger partial charge in [-0.1, -0.05) is 18.2 Å². The van der Waals surface area contributed by atoms with Gasteiger partial charge >= 0.3 is 0 Å². The molecule has 2 atom stereocenters. The fourth-order valence-electron chi connectivity index (χ4n) is 2.46. The van der Waals surface area contributed by atoms with E-state index in [1.807, 2.05) is 0 Å². The van der Waals surface area contributed by atoms with Gasteiger partial charge in [0.25, 0.3) is 0 Å². The molecule has 1 fully saturated rings. The molecule has 5 N–H and O–H groups in total. The van der Waals surface area contributed by atoms with Crippen molar-refractivity contribution in [2.45, 2.75) is 25.7 Å². The molecule has 1 heterocycles. The number of hydrogen-bond acceptors (Lipinski definition) is 5. The number of hydrogen-bond donors (Lipinski definition) is 5. The third-order valence-corrected chi connectivity index (χ3v) is 3.95. The van der Waals surface area contributed by atoms with Gasteiger partial charge < -0.3 is 10.6 Å². The highest BCUT2D eigenvalue weighted by molar-refractivity contribution is 5.83. The molecule has 1 aliphatic rings. The van der Waals surface area contributed by atoms with Crippen molar-refractivity contribution in [3.8, 4) is 0 Å². The summed E-state index contributed by atoms with van der Waals surface area (Å²) in [4.78, 5) is 12.4. The third-order valence-electron chi connectivity index (χ3n) is 3.95. The van der Waals surface area contributed by atoms with Crippen LogP contribution in [-0.4, -0.2) is 18.1 Å². The predicted octanol–water partition coefficient (Wildman–Crippen LogP) is 1.31. The summed E-state index contributed by atoms with van der Waals surface area (Å²) in [5.74, 6) is -0.899. The Balaban J connectivity index is 1.59. The van der Waals surface area contributed by atoms with E-state index < -0.39 is 12.2 Å². The van der Waals surface area contributed by atoms with Crippen LogP contribution in [0.4, 0.5) is 14.5 Å². The molecule has 3 rings (SSSR count). The first-order chi connectivity index (χ1) is 12.0. The SMILES string of the molecule is Cc1ccc(NC2NNNC2C(=O)NCc2ccc(F)cc2)cc1F. The van der Waals surface area contributed by atoms with E-state index in [1.54, 1.807) is 31.2 Å². The van der Waals surface area contributed by atoms with Gasteiger partial charge in [0.2, 0.25) is 5.91 Å². The molecule has 0 spiro atoms. The van der Waals surface area contributed by atoms with E-state index in [2.05, 4.69) is 27.0 Å². The fourth-order valence-corrected chi connectivity index (χ4v) is 2.46. The molecule has 132 valence electrons. The Kier molecular flexibility index (Phi) is 5.22. The summed E-state index contributed by atoms with van der Waals surface area (Å²) in [6.45, 7) is 1.96. The normalized spacial score (nSPS) is 19.6. The molecule has 0 aliphatic carbocycles. The Morgan fingerprint density at radius 1 is 1.12 bits per heavy atom. The summed E-state index contributed by atoms with van der Waals surface area (Å²) in [6.07, 6.45) is -0.477. The minimum Gasteiger partial charge on any atom is -0.367 e. The van der Waals surface area contributed by atoms with Crippen molar-refractivity contribution in [3.63, 3.8) is 0 Å². The summed E-state index contributed by atoms with van der Waals surface area (Å²) >= 11 is 0. The number of benzene rings is 2. The average Bonchev–Trinajstić information content (AvgIpc) is 3.05. The molecule has 2 unspecified atom stereocenters. The molecule has 8 heteroatoms. The van der Waals surface area contributed by atoms with Gasteiger partial charge in [0.1, 0.15) is 23.8 Å². The molecule has 2 aromatic rings. The summed E-state index contributed by atoms with van der Waals surface area (Å²) in [5, 5.41) is 5.84. The van der Waals surface area contributed by atoms with E-state index in [0.29, 0.717) is 11.3 Å². The van der Waals surface area contributed by atoms with E-state index >= 15 is 0 Å². The maximum absolute atomic E-state index is 13.6. The number of amides is 1. The highest BCUT2D eigenvalue weighted by Crippen LogP contribution is 2.15. The van der Waals surface area contributed by atoms with Crippen LogP contribution >= 0.6 is 0 Å². The number of carbonyl (C=O) groups is 1. The van der Waals surface area contributed by atoms with E-state index in [1.165, 1.54) is 18.2 Å². The minimum absolute atomic E-state index is 0.257. The Morgan fingerprint density at radius 3 is 2.60 bits per heavy atom. The van der Waals surface area contributed by atoms with Crippen LogP contribution in [0.15, 0.2) is 42.5 Å². The van der Waals surface area contributed by atoms with Gasteiger partial charge in [0.05, 0.1) is 0 Å². The molecule has 1 saturated heterocycles. The van der Waals surface area contributed by atoms with E-state index in [-0.39, 0.29) is 24.1 Å². The van der Waals surface area contributed by atoms with Crippen molar-refractivity contribution in [3.05, 3.63) is 65.2 Å². The number of aryl methyl sites for hydroxylation is 1. The van der Waals surface area contributed by atoms with Crippen molar-refractivity contribution in [1.29, 1.82) is 0 Å². The van der Waals surface area contributed by atoms with Crippen molar-refractivity contribution in [1.82, 2.24) is 21.7 Å². The Morgan fingerprint density at radius 2 is 1.88 bits per heavy atom. The van der Waals surface area contributed by atoms with E-state index in [9.17, 15) is 13.6 Å².